The molecule has 6 nitrogen and oxygen atoms in total. The lowest BCUT2D eigenvalue weighted by Gasteiger charge is -2.35. The summed E-state index contributed by atoms with van der Waals surface area (Å²) in [6, 6.07) is 0. The quantitative estimate of drug-likeness (QED) is 0.560. The fourth-order valence-electron chi connectivity index (χ4n) is 2.25. The number of hydrogen-bond acceptors (Lipinski definition) is 5. The molecule has 18 heavy (non-hydrogen) atoms. The van der Waals surface area contributed by atoms with Crippen LogP contribution in [0.1, 0.15) is 32.6 Å². The molecule has 6 heteroatoms. The van der Waals surface area contributed by atoms with Crippen LogP contribution < -0.4 is 11.1 Å². The predicted octanol–water partition coefficient (Wildman–Crippen LogP) is -0.454. The first-order valence-electron chi connectivity index (χ1n) is 6.35. The second-order valence-corrected chi connectivity index (χ2v) is 4.82. The minimum Gasteiger partial charge on any atom is -0.466 e. The molecule has 0 spiro atoms. The number of hydrogen-bond donors (Lipinski definition) is 3. The van der Waals surface area contributed by atoms with Crippen molar-refractivity contribution in [1.29, 1.82) is 0 Å². The van der Waals surface area contributed by atoms with Gasteiger partial charge in [0.1, 0.15) is 0 Å². The number of esters is 1. The normalized spacial score (nSPS) is 27.8. The van der Waals surface area contributed by atoms with E-state index in [1.807, 2.05) is 0 Å². The van der Waals surface area contributed by atoms with Gasteiger partial charge in [0, 0.05) is 6.54 Å². The van der Waals surface area contributed by atoms with Crippen LogP contribution in [0.15, 0.2) is 0 Å². The molecule has 1 aliphatic rings. The highest BCUT2D eigenvalue weighted by Crippen LogP contribution is 2.32. The Morgan fingerprint density at radius 3 is 2.56 bits per heavy atom. The Morgan fingerprint density at radius 2 is 2.06 bits per heavy atom. The summed E-state index contributed by atoms with van der Waals surface area (Å²) in [5, 5.41) is 13.1. The van der Waals surface area contributed by atoms with Crippen LogP contribution in [0.2, 0.25) is 0 Å². The van der Waals surface area contributed by atoms with Crippen molar-refractivity contribution < 1.29 is 19.4 Å². The highest BCUT2D eigenvalue weighted by molar-refractivity contribution is 5.75. The third-order valence-electron chi connectivity index (χ3n) is 3.29. The van der Waals surface area contributed by atoms with E-state index >= 15 is 0 Å². The zero-order chi connectivity index (χ0) is 13.6. The van der Waals surface area contributed by atoms with Gasteiger partial charge in [-0.15, -0.1) is 0 Å². The average molecular weight is 258 g/mol. The second-order valence-electron chi connectivity index (χ2n) is 4.82. The van der Waals surface area contributed by atoms with Gasteiger partial charge in [0.2, 0.25) is 5.91 Å². The van der Waals surface area contributed by atoms with E-state index in [0.717, 1.165) is 0 Å². The van der Waals surface area contributed by atoms with E-state index in [1.54, 1.807) is 6.92 Å². The Hall–Kier alpha value is -1.14. The summed E-state index contributed by atoms with van der Waals surface area (Å²) >= 11 is 0. The smallest absolute Gasteiger partial charge is 0.308 e. The standard InChI is InChI=1S/C12H22N2O4/c1-2-18-11(16)9-3-5-12(17,6-4-9)8-14-7-10(13)15/h9,14,17H,2-8H2,1H3,(H2,13,15). The molecule has 0 aromatic carbocycles. The number of nitrogens with one attached hydrogen (secondary N) is 1. The first kappa shape index (κ1) is 14.9. The molecule has 0 aromatic heterocycles. The Balaban J connectivity index is 2.32. The Morgan fingerprint density at radius 1 is 1.44 bits per heavy atom. The van der Waals surface area contributed by atoms with Crippen LogP contribution in [0.5, 0.6) is 0 Å². The molecular formula is C12H22N2O4. The van der Waals surface area contributed by atoms with Gasteiger partial charge in [-0.25, -0.2) is 0 Å². The highest BCUT2D eigenvalue weighted by Gasteiger charge is 2.36. The molecule has 0 unspecified atom stereocenters. The van der Waals surface area contributed by atoms with Crippen LogP contribution in [0.25, 0.3) is 0 Å². The van der Waals surface area contributed by atoms with E-state index in [0.29, 0.717) is 38.8 Å². The molecule has 1 fully saturated rings. The molecule has 104 valence electrons. The van der Waals surface area contributed by atoms with Crippen molar-refractivity contribution in [3.63, 3.8) is 0 Å². The van der Waals surface area contributed by atoms with Gasteiger partial charge < -0.3 is 20.9 Å². The number of carbonyl (C=O) groups is 2. The van der Waals surface area contributed by atoms with E-state index in [4.69, 9.17) is 10.5 Å². The Kier molecular flexibility index (Phi) is 5.55. The molecule has 1 rings (SSSR count). The zero-order valence-corrected chi connectivity index (χ0v) is 10.8. The maximum atomic E-state index is 11.5. The highest BCUT2D eigenvalue weighted by atomic mass is 16.5. The van der Waals surface area contributed by atoms with E-state index in [1.165, 1.54) is 0 Å². The first-order chi connectivity index (χ1) is 8.47. The topological polar surface area (TPSA) is 102 Å². The van der Waals surface area contributed by atoms with Crippen molar-refractivity contribution in [2.45, 2.75) is 38.2 Å². The van der Waals surface area contributed by atoms with E-state index in [9.17, 15) is 14.7 Å². The summed E-state index contributed by atoms with van der Waals surface area (Å²) in [6.45, 7) is 2.56. The van der Waals surface area contributed by atoms with Gasteiger partial charge in [-0.3, -0.25) is 9.59 Å². The lowest BCUT2D eigenvalue weighted by molar-refractivity contribution is -0.151. The lowest BCUT2D eigenvalue weighted by atomic mass is 9.79. The monoisotopic (exact) mass is 258 g/mol. The molecule has 1 amide bonds. The van der Waals surface area contributed by atoms with Crippen LogP contribution in [0.4, 0.5) is 0 Å². The van der Waals surface area contributed by atoms with Crippen LogP contribution in [0.3, 0.4) is 0 Å². The average Bonchev–Trinajstić information content (AvgIpc) is 2.29. The summed E-state index contributed by atoms with van der Waals surface area (Å²) < 4.78 is 4.96. The van der Waals surface area contributed by atoms with Crippen molar-refractivity contribution in [1.82, 2.24) is 5.32 Å². The minimum atomic E-state index is -0.849. The molecular weight excluding hydrogens is 236 g/mol. The molecule has 0 aliphatic heterocycles. The summed E-state index contributed by atoms with van der Waals surface area (Å²) in [5.41, 5.74) is 4.15. The molecule has 0 heterocycles. The van der Waals surface area contributed by atoms with Crippen LogP contribution >= 0.6 is 0 Å². The Bertz CT molecular complexity index is 298. The number of rotatable bonds is 6. The van der Waals surface area contributed by atoms with Gasteiger partial charge in [0.05, 0.1) is 24.7 Å². The number of nitrogens with two attached hydrogens (primary N) is 1. The second kappa shape index (κ2) is 6.70. The number of carbonyl (C=O) groups excluding carboxylic acids is 2. The van der Waals surface area contributed by atoms with E-state index in [2.05, 4.69) is 5.32 Å². The lowest BCUT2D eigenvalue weighted by Crippen LogP contribution is -2.46. The number of amides is 1. The molecule has 0 atom stereocenters. The summed E-state index contributed by atoms with van der Waals surface area (Å²) in [4.78, 5) is 22.1. The van der Waals surface area contributed by atoms with Gasteiger partial charge in [0.25, 0.3) is 0 Å². The molecule has 4 N–H and O–H groups in total. The summed E-state index contributed by atoms with van der Waals surface area (Å²) in [7, 11) is 0. The Labute approximate surface area is 107 Å². The van der Waals surface area contributed by atoms with Gasteiger partial charge >= 0.3 is 5.97 Å². The van der Waals surface area contributed by atoms with Crippen molar-refractivity contribution in [3.05, 3.63) is 0 Å². The summed E-state index contributed by atoms with van der Waals surface area (Å²) in [5.74, 6) is -0.732. The first-order valence-corrected chi connectivity index (χ1v) is 6.35. The third kappa shape index (κ3) is 4.62. The summed E-state index contributed by atoms with van der Waals surface area (Å²) in [6.07, 6.45) is 2.30. The fourth-order valence-corrected chi connectivity index (χ4v) is 2.25. The molecule has 0 aromatic rings. The molecule has 1 aliphatic carbocycles. The number of ether oxygens (including phenoxy) is 1. The van der Waals surface area contributed by atoms with Gasteiger partial charge in [-0.2, -0.15) is 0 Å². The fraction of sp³-hybridized carbons (Fsp3) is 0.833. The minimum absolute atomic E-state index is 0.0591. The number of aliphatic hydroxyl groups is 1. The number of primary amides is 1. The van der Waals surface area contributed by atoms with E-state index < -0.39 is 11.5 Å². The molecule has 0 saturated heterocycles. The SMILES string of the molecule is CCOC(=O)C1CCC(O)(CNCC(N)=O)CC1. The maximum Gasteiger partial charge on any atom is 0.308 e. The largest absolute Gasteiger partial charge is 0.466 e. The van der Waals surface area contributed by atoms with Crippen LogP contribution in [-0.2, 0) is 14.3 Å². The third-order valence-corrected chi connectivity index (χ3v) is 3.29. The zero-order valence-electron chi connectivity index (χ0n) is 10.8. The van der Waals surface area contributed by atoms with Crippen molar-refractivity contribution in [3.8, 4) is 0 Å². The molecule has 0 bridgehead atoms. The van der Waals surface area contributed by atoms with Crippen LogP contribution in [0, 0.1) is 5.92 Å². The maximum absolute atomic E-state index is 11.5. The van der Waals surface area contributed by atoms with Gasteiger partial charge in [-0.05, 0) is 32.6 Å². The van der Waals surface area contributed by atoms with E-state index in [-0.39, 0.29) is 18.4 Å². The van der Waals surface area contributed by atoms with Crippen molar-refractivity contribution in [2.75, 3.05) is 19.7 Å². The van der Waals surface area contributed by atoms with Gasteiger partial charge in [-0.1, -0.05) is 0 Å². The van der Waals surface area contributed by atoms with Crippen molar-refractivity contribution in [2.24, 2.45) is 11.7 Å². The van der Waals surface area contributed by atoms with Crippen LogP contribution in [-0.4, -0.2) is 42.3 Å². The van der Waals surface area contributed by atoms with Gasteiger partial charge in [0.15, 0.2) is 0 Å². The predicted molar refractivity (Wildman–Crippen MR) is 65.6 cm³/mol. The van der Waals surface area contributed by atoms with Crippen molar-refractivity contribution >= 4 is 11.9 Å². The molecule has 1 saturated carbocycles. The molecule has 0 radical (unpaired) electrons.